The highest BCUT2D eigenvalue weighted by molar-refractivity contribution is 6.24. The standard InChI is InChI=1S/C27H30N4O4/c1-17(2)35-15-7-13-28-24(32)18-8-6-9-19(16-18)31-25(33)27(3)23-21(12-14-30(27)26(31)34)20-10-4-5-11-22(20)29-23/h4-6,8-11,16-17,29H,7,12-15H2,1-3H3,(H,28,32). The van der Waals surface area contributed by atoms with Crippen LogP contribution < -0.4 is 10.2 Å². The van der Waals surface area contributed by atoms with Gasteiger partial charge in [-0.1, -0.05) is 24.3 Å². The highest BCUT2D eigenvalue weighted by atomic mass is 16.5. The molecular weight excluding hydrogens is 444 g/mol. The van der Waals surface area contributed by atoms with Crippen LogP contribution in [0.15, 0.2) is 48.5 Å². The van der Waals surface area contributed by atoms with Gasteiger partial charge in [-0.2, -0.15) is 0 Å². The van der Waals surface area contributed by atoms with Gasteiger partial charge in [0.15, 0.2) is 5.54 Å². The minimum atomic E-state index is -1.13. The van der Waals surface area contributed by atoms with E-state index in [1.54, 1.807) is 36.1 Å². The van der Waals surface area contributed by atoms with Crippen molar-refractivity contribution in [3.05, 3.63) is 65.4 Å². The van der Waals surface area contributed by atoms with Gasteiger partial charge >= 0.3 is 6.03 Å². The summed E-state index contributed by atoms with van der Waals surface area (Å²) < 4.78 is 5.50. The number of hydrogen-bond acceptors (Lipinski definition) is 4. The van der Waals surface area contributed by atoms with Crippen molar-refractivity contribution in [1.29, 1.82) is 0 Å². The Kier molecular flexibility index (Phi) is 5.84. The third-order valence-electron chi connectivity index (χ3n) is 6.89. The molecule has 1 aromatic heterocycles. The number of amides is 4. The maximum Gasteiger partial charge on any atom is 0.332 e. The maximum absolute atomic E-state index is 13.8. The molecule has 1 atom stereocenters. The zero-order chi connectivity index (χ0) is 24.7. The van der Waals surface area contributed by atoms with E-state index in [1.807, 2.05) is 38.1 Å². The molecule has 2 aromatic carbocycles. The smallest absolute Gasteiger partial charge is 0.332 e. The number of aromatic nitrogens is 1. The number of nitrogens with zero attached hydrogens (tertiary/aromatic N) is 2. The second-order valence-corrected chi connectivity index (χ2v) is 9.50. The van der Waals surface area contributed by atoms with Crippen molar-refractivity contribution in [2.45, 2.75) is 45.3 Å². The number of nitrogens with one attached hydrogen (secondary N) is 2. The molecule has 0 bridgehead atoms. The van der Waals surface area contributed by atoms with Gasteiger partial charge in [0, 0.05) is 36.2 Å². The molecule has 182 valence electrons. The molecule has 4 amide bonds. The summed E-state index contributed by atoms with van der Waals surface area (Å²) in [4.78, 5) is 46.2. The largest absolute Gasteiger partial charge is 0.379 e. The highest BCUT2D eigenvalue weighted by Crippen LogP contribution is 2.45. The number of fused-ring (bicyclic) bond motifs is 5. The first kappa shape index (κ1) is 23.1. The van der Waals surface area contributed by atoms with Gasteiger partial charge in [0.25, 0.3) is 11.8 Å². The molecule has 8 heteroatoms. The number of ether oxygens (including phenoxy) is 1. The number of rotatable bonds is 7. The van der Waals surface area contributed by atoms with Crippen molar-refractivity contribution >= 4 is 34.4 Å². The molecule has 3 aromatic rings. The van der Waals surface area contributed by atoms with Gasteiger partial charge < -0.3 is 19.9 Å². The number of para-hydroxylation sites is 1. The van der Waals surface area contributed by atoms with E-state index in [0.29, 0.717) is 43.8 Å². The lowest BCUT2D eigenvalue weighted by Crippen LogP contribution is -2.49. The van der Waals surface area contributed by atoms with Gasteiger partial charge in [0.05, 0.1) is 17.5 Å². The lowest BCUT2D eigenvalue weighted by molar-refractivity contribution is -0.125. The second kappa shape index (κ2) is 8.85. The van der Waals surface area contributed by atoms with Crippen LogP contribution in [0.3, 0.4) is 0 Å². The zero-order valence-electron chi connectivity index (χ0n) is 20.3. The van der Waals surface area contributed by atoms with Crippen LogP contribution in [0.5, 0.6) is 0 Å². The van der Waals surface area contributed by atoms with Crippen LogP contribution in [0.25, 0.3) is 10.9 Å². The Labute approximate surface area is 204 Å². The van der Waals surface area contributed by atoms with Crippen LogP contribution in [-0.4, -0.2) is 53.5 Å². The number of imide groups is 1. The number of H-pyrrole nitrogens is 1. The predicted molar refractivity (Wildman–Crippen MR) is 133 cm³/mol. The van der Waals surface area contributed by atoms with E-state index >= 15 is 0 Å². The van der Waals surface area contributed by atoms with Crippen molar-refractivity contribution < 1.29 is 19.1 Å². The quantitative estimate of drug-likeness (QED) is 0.400. The van der Waals surface area contributed by atoms with E-state index in [1.165, 1.54) is 4.90 Å². The topological polar surface area (TPSA) is 94.7 Å². The third-order valence-corrected chi connectivity index (χ3v) is 6.89. The van der Waals surface area contributed by atoms with Gasteiger partial charge in [-0.15, -0.1) is 0 Å². The predicted octanol–water partition coefficient (Wildman–Crippen LogP) is 3.95. The van der Waals surface area contributed by atoms with Crippen molar-refractivity contribution in [3.63, 3.8) is 0 Å². The zero-order valence-corrected chi connectivity index (χ0v) is 20.3. The molecule has 0 saturated carbocycles. The fourth-order valence-corrected chi connectivity index (χ4v) is 5.10. The lowest BCUT2D eigenvalue weighted by Gasteiger charge is -2.35. The molecule has 8 nitrogen and oxygen atoms in total. The summed E-state index contributed by atoms with van der Waals surface area (Å²) >= 11 is 0. The Bertz CT molecular complexity index is 1310. The molecule has 0 radical (unpaired) electrons. The van der Waals surface area contributed by atoms with Crippen LogP contribution in [0.2, 0.25) is 0 Å². The first-order valence-corrected chi connectivity index (χ1v) is 12.1. The van der Waals surface area contributed by atoms with E-state index in [0.717, 1.165) is 22.2 Å². The average Bonchev–Trinajstić information content (AvgIpc) is 3.32. The van der Waals surface area contributed by atoms with Crippen LogP contribution >= 0.6 is 0 Å². The Hall–Kier alpha value is -3.65. The molecule has 2 aliphatic heterocycles. The molecule has 0 aliphatic carbocycles. The molecular formula is C27H30N4O4. The van der Waals surface area contributed by atoms with E-state index in [2.05, 4.69) is 10.3 Å². The SMILES string of the molecule is CC(C)OCCCNC(=O)c1cccc(N2C(=O)N3CCc4c([nH]c5ccccc45)C3(C)C2=O)c1. The van der Waals surface area contributed by atoms with E-state index < -0.39 is 5.54 Å². The molecule has 1 unspecified atom stereocenters. The van der Waals surface area contributed by atoms with Gasteiger partial charge in [-0.25, -0.2) is 9.69 Å². The van der Waals surface area contributed by atoms with Gasteiger partial charge in [0.1, 0.15) is 0 Å². The number of anilines is 1. The summed E-state index contributed by atoms with van der Waals surface area (Å²) in [6, 6.07) is 14.3. The van der Waals surface area contributed by atoms with E-state index in [-0.39, 0.29) is 23.9 Å². The minimum absolute atomic E-state index is 0.152. The number of aromatic amines is 1. The van der Waals surface area contributed by atoms with E-state index in [9.17, 15) is 14.4 Å². The summed E-state index contributed by atoms with van der Waals surface area (Å²) in [6.45, 7) is 7.24. The molecule has 2 aliphatic rings. The monoisotopic (exact) mass is 474 g/mol. The summed E-state index contributed by atoms with van der Waals surface area (Å²) in [7, 11) is 0. The third kappa shape index (κ3) is 3.78. The fraction of sp³-hybridized carbons (Fsp3) is 0.370. The number of carbonyl (C=O) groups is 3. The van der Waals surface area contributed by atoms with Gasteiger partial charge in [-0.05, 0) is 63.4 Å². The molecule has 5 rings (SSSR count). The first-order valence-electron chi connectivity index (χ1n) is 12.1. The second-order valence-electron chi connectivity index (χ2n) is 9.50. The summed E-state index contributed by atoms with van der Waals surface area (Å²) in [6.07, 6.45) is 1.53. The summed E-state index contributed by atoms with van der Waals surface area (Å²) in [5, 5.41) is 3.96. The molecule has 3 heterocycles. The number of carbonyl (C=O) groups excluding carboxylic acids is 3. The van der Waals surface area contributed by atoms with Crippen molar-refractivity contribution in [3.8, 4) is 0 Å². The summed E-state index contributed by atoms with van der Waals surface area (Å²) in [5.74, 6) is -0.573. The van der Waals surface area contributed by atoms with E-state index in [4.69, 9.17) is 4.74 Å². The number of benzene rings is 2. The Morgan fingerprint density at radius 1 is 1.17 bits per heavy atom. The van der Waals surface area contributed by atoms with Gasteiger partial charge in [0.2, 0.25) is 0 Å². The average molecular weight is 475 g/mol. The highest BCUT2D eigenvalue weighted by Gasteiger charge is 2.59. The lowest BCUT2D eigenvalue weighted by atomic mass is 9.87. The number of urea groups is 1. The molecule has 2 N–H and O–H groups in total. The Balaban J connectivity index is 1.39. The molecule has 0 spiro atoms. The van der Waals surface area contributed by atoms with Gasteiger partial charge in [-0.3, -0.25) is 9.59 Å². The Morgan fingerprint density at radius 2 is 1.97 bits per heavy atom. The molecule has 35 heavy (non-hydrogen) atoms. The van der Waals surface area contributed by atoms with Crippen LogP contribution in [-0.2, 0) is 21.5 Å². The minimum Gasteiger partial charge on any atom is -0.379 e. The Morgan fingerprint density at radius 3 is 2.77 bits per heavy atom. The van der Waals surface area contributed by atoms with Crippen LogP contribution in [0.1, 0.15) is 48.8 Å². The fourth-order valence-electron chi connectivity index (χ4n) is 5.10. The normalized spacial score (nSPS) is 19.4. The maximum atomic E-state index is 13.8. The molecule has 1 saturated heterocycles. The van der Waals surface area contributed by atoms with Crippen molar-refractivity contribution in [1.82, 2.24) is 15.2 Å². The molecule has 1 fully saturated rings. The van der Waals surface area contributed by atoms with Crippen LogP contribution in [0.4, 0.5) is 10.5 Å². The van der Waals surface area contributed by atoms with Crippen LogP contribution in [0, 0.1) is 0 Å². The summed E-state index contributed by atoms with van der Waals surface area (Å²) in [5.41, 5.74) is 2.47. The first-order chi connectivity index (χ1) is 16.8. The number of hydrogen-bond donors (Lipinski definition) is 2. The van der Waals surface area contributed by atoms with Crippen molar-refractivity contribution in [2.75, 3.05) is 24.6 Å². The van der Waals surface area contributed by atoms with Crippen molar-refractivity contribution in [2.24, 2.45) is 0 Å².